The van der Waals surface area contributed by atoms with E-state index in [9.17, 15) is 4.79 Å². The number of nitrogens with zero attached hydrogens (tertiary/aromatic N) is 2. The minimum absolute atomic E-state index is 0.0213. The van der Waals surface area contributed by atoms with Gasteiger partial charge in [-0.3, -0.25) is 9.48 Å². The number of rotatable bonds is 5. The van der Waals surface area contributed by atoms with E-state index in [4.69, 9.17) is 0 Å². The summed E-state index contributed by atoms with van der Waals surface area (Å²) in [5, 5.41) is 7.22. The summed E-state index contributed by atoms with van der Waals surface area (Å²) in [5.41, 5.74) is 2.27. The summed E-state index contributed by atoms with van der Waals surface area (Å²) < 4.78 is 1.88. The molecule has 1 aromatic carbocycles. The van der Waals surface area contributed by atoms with Gasteiger partial charge in [-0.15, -0.1) is 11.3 Å². The number of aromatic nitrogens is 2. The van der Waals surface area contributed by atoms with Gasteiger partial charge in [-0.1, -0.05) is 24.3 Å². The van der Waals surface area contributed by atoms with Gasteiger partial charge in [0.05, 0.1) is 11.4 Å². The highest BCUT2D eigenvalue weighted by Crippen LogP contribution is 2.15. The van der Waals surface area contributed by atoms with E-state index in [0.717, 1.165) is 20.9 Å². The van der Waals surface area contributed by atoms with Crippen molar-refractivity contribution < 1.29 is 4.79 Å². The van der Waals surface area contributed by atoms with Crippen molar-refractivity contribution in [2.24, 2.45) is 0 Å². The molecule has 0 unspecified atom stereocenters. The lowest BCUT2D eigenvalue weighted by molar-refractivity contribution is 0.0955. The van der Waals surface area contributed by atoms with Gasteiger partial charge < -0.3 is 5.32 Å². The number of thiophene rings is 1. The van der Waals surface area contributed by atoms with Gasteiger partial charge in [0.15, 0.2) is 0 Å². The third-order valence-corrected chi connectivity index (χ3v) is 4.41. The van der Waals surface area contributed by atoms with Crippen LogP contribution < -0.4 is 5.32 Å². The highest BCUT2D eigenvalue weighted by Gasteiger charge is 2.09. The molecular formula is C17H17N3OS. The average Bonchev–Trinajstić information content (AvgIpc) is 3.18. The van der Waals surface area contributed by atoms with E-state index in [1.165, 1.54) is 11.3 Å². The number of carbonyl (C=O) groups is 1. The SMILES string of the molecule is Cc1ccc(C(=O)NCc2ccccc2Cn2cccn2)s1. The summed E-state index contributed by atoms with van der Waals surface area (Å²) in [6.07, 6.45) is 3.70. The fraction of sp³-hybridized carbons (Fsp3) is 0.176. The average molecular weight is 311 g/mol. The fourth-order valence-electron chi connectivity index (χ4n) is 2.27. The van der Waals surface area contributed by atoms with E-state index in [1.807, 2.05) is 54.2 Å². The summed E-state index contributed by atoms with van der Waals surface area (Å²) in [5.74, 6) is -0.0213. The summed E-state index contributed by atoms with van der Waals surface area (Å²) in [7, 11) is 0. The highest BCUT2D eigenvalue weighted by atomic mass is 32.1. The quantitative estimate of drug-likeness (QED) is 0.786. The van der Waals surface area contributed by atoms with Gasteiger partial charge in [0, 0.05) is 23.8 Å². The van der Waals surface area contributed by atoms with Crippen LogP contribution in [0, 0.1) is 6.92 Å². The van der Waals surface area contributed by atoms with Crippen molar-refractivity contribution in [2.75, 3.05) is 0 Å². The van der Waals surface area contributed by atoms with Crippen LogP contribution in [-0.2, 0) is 13.1 Å². The van der Waals surface area contributed by atoms with Gasteiger partial charge in [-0.25, -0.2) is 0 Å². The van der Waals surface area contributed by atoms with Crippen molar-refractivity contribution in [3.8, 4) is 0 Å². The van der Waals surface area contributed by atoms with Crippen molar-refractivity contribution in [3.63, 3.8) is 0 Å². The van der Waals surface area contributed by atoms with Crippen molar-refractivity contribution in [1.82, 2.24) is 15.1 Å². The maximum Gasteiger partial charge on any atom is 0.261 e. The Morgan fingerprint density at radius 2 is 2.00 bits per heavy atom. The molecule has 22 heavy (non-hydrogen) atoms. The number of hydrogen-bond donors (Lipinski definition) is 1. The van der Waals surface area contributed by atoms with E-state index in [0.29, 0.717) is 13.1 Å². The molecule has 0 saturated heterocycles. The third kappa shape index (κ3) is 3.43. The fourth-order valence-corrected chi connectivity index (χ4v) is 3.06. The molecule has 2 aromatic heterocycles. The first-order chi connectivity index (χ1) is 10.7. The molecule has 4 nitrogen and oxygen atoms in total. The Bertz CT molecular complexity index is 762. The van der Waals surface area contributed by atoms with Crippen molar-refractivity contribution in [3.05, 3.63) is 75.7 Å². The van der Waals surface area contributed by atoms with Gasteiger partial charge in [-0.05, 0) is 36.2 Å². The first kappa shape index (κ1) is 14.5. The molecule has 2 heterocycles. The molecule has 0 aliphatic carbocycles. The van der Waals surface area contributed by atoms with Crippen LogP contribution in [0.15, 0.2) is 54.9 Å². The molecule has 1 amide bonds. The summed E-state index contributed by atoms with van der Waals surface area (Å²) in [6.45, 7) is 3.23. The lowest BCUT2D eigenvalue weighted by Gasteiger charge is -2.10. The van der Waals surface area contributed by atoms with E-state index in [-0.39, 0.29) is 5.91 Å². The van der Waals surface area contributed by atoms with Crippen LogP contribution in [0.1, 0.15) is 25.7 Å². The third-order valence-electron chi connectivity index (χ3n) is 3.41. The predicted octanol–water partition coefficient (Wildman–Crippen LogP) is 3.23. The topological polar surface area (TPSA) is 46.9 Å². The summed E-state index contributed by atoms with van der Waals surface area (Å²) >= 11 is 1.51. The van der Waals surface area contributed by atoms with E-state index in [1.54, 1.807) is 6.20 Å². The van der Waals surface area contributed by atoms with Crippen molar-refractivity contribution in [1.29, 1.82) is 0 Å². The zero-order valence-electron chi connectivity index (χ0n) is 12.3. The predicted molar refractivity (Wildman–Crippen MR) is 88.0 cm³/mol. The smallest absolute Gasteiger partial charge is 0.261 e. The number of benzene rings is 1. The maximum absolute atomic E-state index is 12.1. The minimum Gasteiger partial charge on any atom is -0.347 e. The second kappa shape index (κ2) is 6.58. The van der Waals surface area contributed by atoms with E-state index < -0.39 is 0 Å². The van der Waals surface area contributed by atoms with Gasteiger partial charge >= 0.3 is 0 Å². The molecule has 3 aromatic rings. The number of amides is 1. The van der Waals surface area contributed by atoms with Crippen LogP contribution in [0.4, 0.5) is 0 Å². The normalized spacial score (nSPS) is 10.6. The van der Waals surface area contributed by atoms with Crippen LogP contribution >= 0.6 is 11.3 Å². The molecule has 0 aliphatic rings. The Morgan fingerprint density at radius 1 is 1.18 bits per heavy atom. The van der Waals surface area contributed by atoms with E-state index >= 15 is 0 Å². The van der Waals surface area contributed by atoms with E-state index in [2.05, 4.69) is 16.5 Å². The van der Waals surface area contributed by atoms with Crippen LogP contribution in [-0.4, -0.2) is 15.7 Å². The second-order valence-electron chi connectivity index (χ2n) is 5.07. The first-order valence-corrected chi connectivity index (χ1v) is 7.93. The zero-order valence-corrected chi connectivity index (χ0v) is 13.1. The van der Waals surface area contributed by atoms with Crippen LogP contribution in [0.5, 0.6) is 0 Å². The Morgan fingerprint density at radius 3 is 2.68 bits per heavy atom. The van der Waals surface area contributed by atoms with Gasteiger partial charge in [-0.2, -0.15) is 5.10 Å². The molecule has 0 atom stereocenters. The zero-order chi connectivity index (χ0) is 15.4. The lowest BCUT2D eigenvalue weighted by atomic mass is 10.1. The van der Waals surface area contributed by atoms with Gasteiger partial charge in [0.1, 0.15) is 0 Å². The maximum atomic E-state index is 12.1. The molecule has 0 spiro atoms. The van der Waals surface area contributed by atoms with Crippen LogP contribution in [0.3, 0.4) is 0 Å². The molecule has 1 N–H and O–H groups in total. The Kier molecular flexibility index (Phi) is 4.34. The molecule has 112 valence electrons. The first-order valence-electron chi connectivity index (χ1n) is 7.11. The monoisotopic (exact) mass is 311 g/mol. The number of nitrogens with one attached hydrogen (secondary N) is 1. The highest BCUT2D eigenvalue weighted by molar-refractivity contribution is 7.13. The molecule has 0 aliphatic heterocycles. The number of aryl methyl sites for hydroxylation is 1. The lowest BCUT2D eigenvalue weighted by Crippen LogP contribution is -2.22. The molecule has 0 fully saturated rings. The molecule has 3 rings (SSSR count). The standard InChI is InChI=1S/C17H17N3OS/c1-13-7-8-16(22-13)17(21)18-11-14-5-2-3-6-15(14)12-20-10-4-9-19-20/h2-10H,11-12H2,1H3,(H,18,21). The van der Waals surface area contributed by atoms with Crippen LogP contribution in [0.25, 0.3) is 0 Å². The molecule has 0 radical (unpaired) electrons. The Balaban J connectivity index is 1.68. The van der Waals surface area contributed by atoms with Gasteiger partial charge in [0.2, 0.25) is 0 Å². The summed E-state index contributed by atoms with van der Waals surface area (Å²) in [6, 6.07) is 13.8. The van der Waals surface area contributed by atoms with Crippen molar-refractivity contribution in [2.45, 2.75) is 20.0 Å². The molecular weight excluding hydrogens is 294 g/mol. The second-order valence-corrected chi connectivity index (χ2v) is 6.35. The Labute approximate surface area is 133 Å². The largest absolute Gasteiger partial charge is 0.347 e. The van der Waals surface area contributed by atoms with Crippen LogP contribution in [0.2, 0.25) is 0 Å². The van der Waals surface area contributed by atoms with Gasteiger partial charge in [0.25, 0.3) is 5.91 Å². The minimum atomic E-state index is -0.0213. The molecule has 0 bridgehead atoms. The Hall–Kier alpha value is -2.40. The van der Waals surface area contributed by atoms with Crippen molar-refractivity contribution >= 4 is 17.2 Å². The summed E-state index contributed by atoms with van der Waals surface area (Å²) in [4.78, 5) is 14.0. The molecule has 5 heteroatoms. The number of hydrogen-bond acceptors (Lipinski definition) is 3. The molecule has 0 saturated carbocycles. The number of carbonyl (C=O) groups excluding carboxylic acids is 1.